The second kappa shape index (κ2) is 21.4. The monoisotopic (exact) mass is 920 g/mol. The molecule has 8 rings (SSSR count). The highest BCUT2D eigenvalue weighted by Crippen LogP contribution is 2.38. The zero-order valence-corrected chi connectivity index (χ0v) is 35.4. The van der Waals surface area contributed by atoms with Crippen LogP contribution in [0.3, 0.4) is 0 Å². The molecule has 4 aromatic heterocycles. The van der Waals surface area contributed by atoms with Gasteiger partial charge in [0.2, 0.25) is 0 Å². The Morgan fingerprint density at radius 2 is 1.02 bits per heavy atom. The van der Waals surface area contributed by atoms with Gasteiger partial charge in [-0.05, 0) is 79.0 Å². The number of pyridine rings is 2. The summed E-state index contributed by atoms with van der Waals surface area (Å²) < 4.78 is 79.6. The molecule has 0 saturated heterocycles. The molecule has 0 aliphatic heterocycles. The lowest BCUT2D eigenvalue weighted by atomic mass is 10.0. The van der Waals surface area contributed by atoms with Gasteiger partial charge in [-0.2, -0.15) is 26.3 Å². The lowest BCUT2D eigenvalue weighted by Crippen LogP contribution is -2.09. The van der Waals surface area contributed by atoms with E-state index in [9.17, 15) is 26.3 Å². The van der Waals surface area contributed by atoms with Gasteiger partial charge in [0, 0.05) is 40.8 Å². The number of rotatable bonds is 10. The van der Waals surface area contributed by atoms with Crippen molar-refractivity contribution < 1.29 is 26.3 Å². The van der Waals surface area contributed by atoms with Crippen LogP contribution in [0.25, 0.3) is 44.3 Å². The zero-order valence-electron chi connectivity index (χ0n) is 33.1. The van der Waals surface area contributed by atoms with Crippen LogP contribution in [0.15, 0.2) is 134 Å². The summed E-state index contributed by atoms with van der Waals surface area (Å²) in [4.78, 5) is 24.9. The maximum absolute atomic E-state index is 13.4. The van der Waals surface area contributed by atoms with Crippen molar-refractivity contribution >= 4 is 62.4 Å². The maximum Gasteiger partial charge on any atom is 0.418 e. The minimum absolute atomic E-state index is 0.0529. The number of anilines is 1. The predicted octanol–water partition coefficient (Wildman–Crippen LogP) is 12.4. The summed E-state index contributed by atoms with van der Waals surface area (Å²) in [6, 6.07) is 34.3. The highest BCUT2D eigenvalue weighted by Gasteiger charge is 2.35. The lowest BCUT2D eigenvalue weighted by molar-refractivity contribution is -0.138. The second-order valence-electron chi connectivity index (χ2n) is 13.6. The van der Waals surface area contributed by atoms with Crippen LogP contribution in [-0.2, 0) is 37.0 Å². The van der Waals surface area contributed by atoms with E-state index in [2.05, 4.69) is 47.4 Å². The molecular formula is C46H37Cl3F6N8. The van der Waals surface area contributed by atoms with E-state index < -0.39 is 23.5 Å². The first-order valence-electron chi connectivity index (χ1n) is 19.2. The van der Waals surface area contributed by atoms with Crippen molar-refractivity contribution in [3.05, 3.63) is 173 Å². The largest absolute Gasteiger partial charge is 0.418 e. The third-order valence-corrected chi connectivity index (χ3v) is 10.0. The SMILES string of the molecule is FC(F)(F)c1cccnc1-c1ccc2c(Cl)nc(CCl)nc2c1.FC(F)(F)c1cccnc1-c1ccc2c(NCCc3ccccc3)nc(CCl)nc2c1.NCCc1ccccc1. The molecule has 0 aliphatic carbocycles. The average Bonchev–Trinajstić information content (AvgIpc) is 3.29. The van der Waals surface area contributed by atoms with Gasteiger partial charge in [0.05, 0.1) is 45.3 Å². The third kappa shape index (κ3) is 12.4. The molecule has 0 radical (unpaired) electrons. The highest BCUT2D eigenvalue weighted by molar-refractivity contribution is 6.34. The summed E-state index contributed by atoms with van der Waals surface area (Å²) in [6.45, 7) is 1.38. The Hall–Kier alpha value is -5.93. The molecule has 0 atom stereocenters. The van der Waals surface area contributed by atoms with Gasteiger partial charge in [-0.1, -0.05) is 84.4 Å². The molecule has 8 aromatic rings. The summed E-state index contributed by atoms with van der Waals surface area (Å²) in [5.41, 5.74) is 7.50. The molecule has 0 spiro atoms. The molecule has 17 heteroatoms. The molecule has 0 saturated carbocycles. The van der Waals surface area contributed by atoms with E-state index in [1.165, 1.54) is 47.8 Å². The van der Waals surface area contributed by atoms with E-state index in [0.717, 1.165) is 31.5 Å². The van der Waals surface area contributed by atoms with Crippen molar-refractivity contribution in [1.82, 2.24) is 29.9 Å². The number of fused-ring (bicyclic) bond motifs is 2. The molecular weight excluding hydrogens is 885 g/mol. The summed E-state index contributed by atoms with van der Waals surface area (Å²) in [5, 5.41) is 4.74. The third-order valence-electron chi connectivity index (χ3n) is 9.28. The molecule has 324 valence electrons. The van der Waals surface area contributed by atoms with Gasteiger partial charge in [-0.25, -0.2) is 19.9 Å². The minimum atomic E-state index is -4.50. The van der Waals surface area contributed by atoms with Crippen molar-refractivity contribution in [3.8, 4) is 22.5 Å². The van der Waals surface area contributed by atoms with Gasteiger partial charge < -0.3 is 11.1 Å². The number of hydrogen-bond acceptors (Lipinski definition) is 8. The topological polar surface area (TPSA) is 115 Å². The van der Waals surface area contributed by atoms with Crippen LogP contribution in [0, 0.1) is 0 Å². The Bertz CT molecular complexity index is 2760. The number of nitrogens with one attached hydrogen (secondary N) is 1. The van der Waals surface area contributed by atoms with Crippen LogP contribution in [0.2, 0.25) is 5.15 Å². The Balaban J connectivity index is 0.000000180. The van der Waals surface area contributed by atoms with Gasteiger partial charge in [0.25, 0.3) is 0 Å². The van der Waals surface area contributed by atoms with Crippen molar-refractivity contribution in [2.75, 3.05) is 18.4 Å². The quantitative estimate of drug-likeness (QED) is 0.0792. The van der Waals surface area contributed by atoms with E-state index >= 15 is 0 Å². The minimum Gasteiger partial charge on any atom is -0.369 e. The van der Waals surface area contributed by atoms with Gasteiger partial charge in [-0.3, -0.25) is 9.97 Å². The average molecular weight is 922 g/mol. The van der Waals surface area contributed by atoms with Gasteiger partial charge in [-0.15, -0.1) is 23.2 Å². The van der Waals surface area contributed by atoms with Crippen LogP contribution in [-0.4, -0.2) is 43.0 Å². The Morgan fingerprint density at radius 3 is 1.51 bits per heavy atom. The predicted molar refractivity (Wildman–Crippen MR) is 238 cm³/mol. The van der Waals surface area contributed by atoms with Crippen LogP contribution in [0.5, 0.6) is 0 Å². The number of nitrogens with zero attached hydrogens (tertiary/aromatic N) is 6. The van der Waals surface area contributed by atoms with Crippen molar-refractivity contribution in [2.45, 2.75) is 37.0 Å². The molecule has 63 heavy (non-hydrogen) atoms. The Morgan fingerprint density at radius 1 is 0.540 bits per heavy atom. The van der Waals surface area contributed by atoms with Crippen LogP contribution in [0.1, 0.15) is 33.9 Å². The van der Waals surface area contributed by atoms with Crippen LogP contribution in [0.4, 0.5) is 32.2 Å². The molecule has 3 N–H and O–H groups in total. The van der Waals surface area contributed by atoms with E-state index in [0.29, 0.717) is 56.9 Å². The molecule has 0 unspecified atom stereocenters. The van der Waals surface area contributed by atoms with Crippen molar-refractivity contribution in [2.24, 2.45) is 5.73 Å². The first-order valence-corrected chi connectivity index (χ1v) is 20.7. The van der Waals surface area contributed by atoms with E-state index in [1.807, 2.05) is 48.5 Å². The number of hydrogen-bond donors (Lipinski definition) is 2. The zero-order chi connectivity index (χ0) is 45.0. The Kier molecular flexibility index (Phi) is 15.8. The summed E-state index contributed by atoms with van der Waals surface area (Å²) in [7, 11) is 0. The number of nitrogens with two attached hydrogens (primary N) is 1. The first kappa shape index (κ1) is 46.6. The lowest BCUT2D eigenvalue weighted by Gasteiger charge is -2.14. The maximum atomic E-state index is 13.4. The second-order valence-corrected chi connectivity index (χ2v) is 14.5. The first-order chi connectivity index (χ1) is 30.3. The highest BCUT2D eigenvalue weighted by atomic mass is 35.5. The van der Waals surface area contributed by atoms with Crippen molar-refractivity contribution in [1.29, 1.82) is 0 Å². The summed E-state index contributed by atoms with van der Waals surface area (Å²) >= 11 is 17.7. The molecule has 0 amide bonds. The fourth-order valence-electron chi connectivity index (χ4n) is 6.37. The number of halogens is 9. The standard InChI is InChI=1S/C23H18ClF3N4.C15H8Cl2F3N3.C8H11N/c24-14-20-30-19-13-16(21-18(23(25,26)27)7-4-11-28-21)8-9-17(19)22(31-20)29-12-10-15-5-2-1-3-6-15;16-7-12-22-11-6-8(3-4-9(11)14(17)23-12)13-10(15(18,19)20)2-1-5-21-13;9-7-6-8-4-2-1-3-5-8/h1-9,11,13H,10,12,14H2,(H,29,30,31);1-6H,7H2;1-5H,6-7,9H2. The Labute approximate surface area is 373 Å². The number of benzene rings is 4. The molecule has 4 heterocycles. The number of aromatic nitrogens is 6. The van der Waals surface area contributed by atoms with E-state index in [1.54, 1.807) is 24.3 Å². The molecule has 4 aromatic carbocycles. The van der Waals surface area contributed by atoms with Crippen LogP contribution < -0.4 is 11.1 Å². The fraction of sp³-hybridized carbons (Fsp3) is 0.174. The van der Waals surface area contributed by atoms with Crippen LogP contribution >= 0.6 is 34.8 Å². The van der Waals surface area contributed by atoms with Gasteiger partial charge in [0.15, 0.2) is 0 Å². The number of alkyl halides is 8. The fourth-order valence-corrected chi connectivity index (χ4v) is 6.87. The molecule has 8 nitrogen and oxygen atoms in total. The van der Waals surface area contributed by atoms with Gasteiger partial charge in [0.1, 0.15) is 22.6 Å². The van der Waals surface area contributed by atoms with E-state index in [4.69, 9.17) is 40.5 Å². The smallest absolute Gasteiger partial charge is 0.369 e. The van der Waals surface area contributed by atoms with Gasteiger partial charge >= 0.3 is 12.4 Å². The molecule has 0 fully saturated rings. The normalized spacial score (nSPS) is 11.4. The van der Waals surface area contributed by atoms with Crippen molar-refractivity contribution in [3.63, 3.8) is 0 Å². The van der Waals surface area contributed by atoms with E-state index in [-0.39, 0.29) is 28.3 Å². The summed E-state index contributed by atoms with van der Waals surface area (Å²) in [5.74, 6) is 1.44. The molecule has 0 bridgehead atoms. The summed E-state index contributed by atoms with van der Waals surface area (Å²) in [6.07, 6.45) is -4.56. The molecule has 0 aliphatic rings.